The molecule has 1 amide bonds. The van der Waals surface area contributed by atoms with Gasteiger partial charge in [-0.3, -0.25) is 14.2 Å². The van der Waals surface area contributed by atoms with E-state index >= 15 is 0 Å². The van der Waals surface area contributed by atoms with E-state index in [1.807, 2.05) is 66.9 Å². The average molecular weight is 623 g/mol. The molecule has 0 radical (unpaired) electrons. The number of halogens is 1. The number of anilines is 1. The smallest absolute Gasteiger partial charge is 0.329 e. The van der Waals surface area contributed by atoms with Crippen molar-refractivity contribution in [3.63, 3.8) is 0 Å². The van der Waals surface area contributed by atoms with Gasteiger partial charge in [0, 0.05) is 23.5 Å². The predicted molar refractivity (Wildman–Crippen MR) is 167 cm³/mol. The molecule has 5 N–H and O–H groups in total. The number of hydrogen-bond donors (Lipinski definition) is 5. The Balaban J connectivity index is 1.88. The van der Waals surface area contributed by atoms with Gasteiger partial charge >= 0.3 is 13.6 Å². The number of aliphatic hydroxyl groups excluding tert-OH is 1. The molecule has 0 unspecified atom stereocenters. The van der Waals surface area contributed by atoms with Crippen LogP contribution in [0.4, 0.5) is 10.1 Å². The molecule has 0 aliphatic heterocycles. The lowest BCUT2D eigenvalue weighted by molar-refractivity contribution is -0.137. The zero-order chi connectivity index (χ0) is 32.0. The van der Waals surface area contributed by atoms with Crippen molar-refractivity contribution < 1.29 is 38.5 Å². The van der Waals surface area contributed by atoms with Crippen molar-refractivity contribution in [2.75, 3.05) is 5.32 Å². The van der Waals surface area contributed by atoms with Crippen molar-refractivity contribution in [3.05, 3.63) is 102 Å². The van der Waals surface area contributed by atoms with Crippen LogP contribution in [-0.2, 0) is 15.9 Å². The predicted octanol–water partition coefficient (Wildman–Crippen LogP) is 6.50. The third-order valence-electron chi connectivity index (χ3n) is 7.41. The molecule has 9 nitrogen and oxygen atoms in total. The number of hydrogen-bond acceptors (Lipinski definition) is 4. The fraction of sp³-hybridized carbons (Fsp3) is 0.273. The van der Waals surface area contributed by atoms with Gasteiger partial charge in [0.2, 0.25) is 0 Å². The highest BCUT2D eigenvalue weighted by Crippen LogP contribution is 2.46. The largest absolute Gasteiger partial charge is 0.481 e. The SMILES string of the molecule is CC(C)c1c(C(=O)Nc2ccccc2)c(-c2ccccc2)c(-c2ccc(F)cc2)n1CC[C@@H](O)C[C@H](CC(=O)O)P(=O)(O)O. The lowest BCUT2D eigenvalue weighted by atomic mass is 9.94. The lowest BCUT2D eigenvalue weighted by Gasteiger charge is -2.22. The Morgan fingerprint density at radius 2 is 1.50 bits per heavy atom. The molecule has 3 aromatic carbocycles. The third kappa shape index (κ3) is 7.89. The highest BCUT2D eigenvalue weighted by Gasteiger charge is 2.34. The maximum Gasteiger partial charge on any atom is 0.329 e. The van der Waals surface area contributed by atoms with Crippen molar-refractivity contribution in [1.82, 2.24) is 4.57 Å². The molecule has 0 bridgehead atoms. The lowest BCUT2D eigenvalue weighted by Crippen LogP contribution is -2.23. The van der Waals surface area contributed by atoms with Gasteiger partial charge in [0.15, 0.2) is 0 Å². The molecule has 0 spiro atoms. The van der Waals surface area contributed by atoms with E-state index in [0.29, 0.717) is 33.8 Å². The monoisotopic (exact) mass is 622 g/mol. The maximum absolute atomic E-state index is 14.1. The number of rotatable bonds is 13. The third-order valence-corrected chi connectivity index (χ3v) is 8.75. The summed E-state index contributed by atoms with van der Waals surface area (Å²) in [5.41, 5.74) is 2.70. The zero-order valence-electron chi connectivity index (χ0n) is 24.4. The van der Waals surface area contributed by atoms with E-state index in [1.54, 1.807) is 24.3 Å². The summed E-state index contributed by atoms with van der Waals surface area (Å²) < 4.78 is 27.9. The second-order valence-corrected chi connectivity index (χ2v) is 12.9. The molecule has 0 aliphatic carbocycles. The van der Waals surface area contributed by atoms with Crippen molar-refractivity contribution in [3.8, 4) is 22.4 Å². The van der Waals surface area contributed by atoms with Gasteiger partial charge in [0.25, 0.3) is 5.91 Å². The quantitative estimate of drug-likeness (QED) is 0.107. The summed E-state index contributed by atoms with van der Waals surface area (Å²) >= 11 is 0. The van der Waals surface area contributed by atoms with Crippen LogP contribution in [-0.4, -0.2) is 48.2 Å². The molecule has 1 aromatic heterocycles. The standard InChI is InChI=1S/C33H36FN2O7P/c1-21(2)31-30(33(40)35-25-11-7-4-8-12-25)29(22-9-5-3-6-10-22)32(23-13-15-24(34)16-14-23)36(31)18-17-26(37)19-27(20-28(38)39)44(41,42)43/h3-16,21,26-27,37H,17-20H2,1-2H3,(H,35,40)(H,38,39)(H2,41,42,43)/t26-,27-/m1/s1. The zero-order valence-corrected chi connectivity index (χ0v) is 25.3. The Bertz CT molecular complexity index is 1630. The number of aliphatic carboxylic acids is 1. The Labute approximate surface area is 255 Å². The van der Waals surface area contributed by atoms with Gasteiger partial charge in [-0.1, -0.05) is 62.4 Å². The van der Waals surface area contributed by atoms with Crippen LogP contribution < -0.4 is 5.32 Å². The number of aliphatic hydroxyl groups is 1. The van der Waals surface area contributed by atoms with Gasteiger partial charge in [-0.2, -0.15) is 0 Å². The Morgan fingerprint density at radius 3 is 2.05 bits per heavy atom. The van der Waals surface area contributed by atoms with Crippen LogP contribution in [0.15, 0.2) is 84.9 Å². The molecule has 44 heavy (non-hydrogen) atoms. The van der Waals surface area contributed by atoms with Gasteiger partial charge < -0.3 is 29.9 Å². The van der Waals surface area contributed by atoms with Crippen molar-refractivity contribution in [2.24, 2.45) is 0 Å². The number of carboxylic acids is 1. The van der Waals surface area contributed by atoms with Crippen LogP contribution in [0.5, 0.6) is 0 Å². The van der Waals surface area contributed by atoms with E-state index in [0.717, 1.165) is 5.56 Å². The molecular formula is C33H36FN2O7P. The Hall–Kier alpha value is -4.08. The first-order valence-corrected chi connectivity index (χ1v) is 15.9. The van der Waals surface area contributed by atoms with Gasteiger partial charge in [0.05, 0.1) is 29.4 Å². The number of carbonyl (C=O) groups is 2. The number of carboxylic acid groups (broad SMARTS) is 1. The summed E-state index contributed by atoms with van der Waals surface area (Å²) in [4.78, 5) is 44.7. The number of benzene rings is 3. The van der Waals surface area contributed by atoms with Crippen LogP contribution in [0.25, 0.3) is 22.4 Å². The topological polar surface area (TPSA) is 149 Å². The highest BCUT2D eigenvalue weighted by atomic mass is 31.2. The molecule has 4 rings (SSSR count). The fourth-order valence-electron chi connectivity index (χ4n) is 5.46. The molecule has 11 heteroatoms. The number of carbonyl (C=O) groups excluding carboxylic acids is 1. The first-order valence-electron chi connectivity index (χ1n) is 14.3. The van der Waals surface area contributed by atoms with E-state index < -0.39 is 44.0 Å². The second-order valence-electron chi connectivity index (χ2n) is 11.0. The fourth-order valence-corrected chi connectivity index (χ4v) is 6.37. The van der Waals surface area contributed by atoms with Gasteiger partial charge in [0.1, 0.15) is 5.82 Å². The molecule has 0 saturated heterocycles. The van der Waals surface area contributed by atoms with Crippen LogP contribution in [0.1, 0.15) is 55.1 Å². The highest BCUT2D eigenvalue weighted by molar-refractivity contribution is 7.52. The Kier molecular flexibility index (Phi) is 10.5. The number of aromatic nitrogens is 1. The first-order chi connectivity index (χ1) is 20.9. The van der Waals surface area contributed by atoms with Gasteiger partial charge in [-0.15, -0.1) is 0 Å². The van der Waals surface area contributed by atoms with Gasteiger partial charge in [-0.05, 0) is 66.3 Å². The van der Waals surface area contributed by atoms with Crippen LogP contribution in [0.2, 0.25) is 0 Å². The summed E-state index contributed by atoms with van der Waals surface area (Å²) in [6.45, 7) is 3.99. The average Bonchev–Trinajstić information content (AvgIpc) is 3.32. The summed E-state index contributed by atoms with van der Waals surface area (Å²) in [7, 11) is -4.79. The van der Waals surface area contributed by atoms with E-state index in [1.165, 1.54) is 12.1 Å². The number of nitrogens with zero attached hydrogens (tertiary/aromatic N) is 1. The summed E-state index contributed by atoms with van der Waals surface area (Å²) in [5.74, 6) is -2.37. The van der Waals surface area contributed by atoms with E-state index in [9.17, 15) is 33.4 Å². The number of amides is 1. The van der Waals surface area contributed by atoms with Gasteiger partial charge in [-0.25, -0.2) is 4.39 Å². The van der Waals surface area contributed by atoms with E-state index in [2.05, 4.69) is 5.32 Å². The summed E-state index contributed by atoms with van der Waals surface area (Å²) in [6.07, 6.45) is -2.46. The molecule has 1 heterocycles. The van der Waals surface area contributed by atoms with Crippen LogP contribution in [0.3, 0.4) is 0 Å². The second kappa shape index (κ2) is 14.1. The molecular weight excluding hydrogens is 586 g/mol. The minimum absolute atomic E-state index is 0.00663. The molecule has 0 saturated carbocycles. The van der Waals surface area contributed by atoms with Crippen molar-refractivity contribution >= 4 is 25.2 Å². The first kappa shape index (κ1) is 32.8. The molecule has 0 aliphatic rings. The molecule has 232 valence electrons. The van der Waals surface area contributed by atoms with Crippen molar-refractivity contribution in [1.29, 1.82) is 0 Å². The summed E-state index contributed by atoms with van der Waals surface area (Å²) in [6, 6.07) is 24.2. The van der Waals surface area contributed by atoms with E-state index in [4.69, 9.17) is 5.11 Å². The molecule has 2 atom stereocenters. The summed E-state index contributed by atoms with van der Waals surface area (Å²) in [5, 5.41) is 23.0. The van der Waals surface area contributed by atoms with E-state index in [-0.39, 0.29) is 24.8 Å². The number of para-hydroxylation sites is 1. The molecule has 0 fully saturated rings. The maximum atomic E-state index is 14.1. The number of nitrogens with one attached hydrogen (secondary N) is 1. The van der Waals surface area contributed by atoms with Crippen LogP contribution >= 0.6 is 7.60 Å². The Morgan fingerprint density at radius 1 is 0.909 bits per heavy atom. The van der Waals surface area contributed by atoms with Crippen LogP contribution in [0, 0.1) is 5.82 Å². The van der Waals surface area contributed by atoms with Crippen molar-refractivity contribution in [2.45, 2.75) is 57.3 Å². The minimum Gasteiger partial charge on any atom is -0.481 e. The normalized spacial score (nSPS) is 13.1. The minimum atomic E-state index is -4.79. The molecule has 4 aromatic rings.